The van der Waals surface area contributed by atoms with Crippen molar-refractivity contribution in [2.24, 2.45) is 0 Å². The van der Waals surface area contributed by atoms with Crippen molar-refractivity contribution in [2.75, 3.05) is 0 Å². The number of pyridine rings is 1. The summed E-state index contributed by atoms with van der Waals surface area (Å²) in [6, 6.07) is 11.0. The largest absolute Gasteiger partial charge is 0.456 e. The number of carbonyl (C=O) groups excluding carboxylic acids is 3. The molecule has 1 aliphatic rings. The Bertz CT molecular complexity index is 1200. The van der Waals surface area contributed by atoms with Crippen molar-refractivity contribution in [1.82, 2.24) is 14.3 Å². The van der Waals surface area contributed by atoms with Gasteiger partial charge in [0, 0.05) is 25.1 Å². The average molecular weight is 426 g/mol. The minimum atomic E-state index is -0.576. The maximum atomic E-state index is 12.3. The van der Waals surface area contributed by atoms with Gasteiger partial charge in [0.05, 0.1) is 22.8 Å². The predicted molar refractivity (Wildman–Crippen MR) is 107 cm³/mol. The topological polar surface area (TPSA) is 98.1 Å². The van der Waals surface area contributed by atoms with E-state index in [0.29, 0.717) is 21.9 Å². The van der Waals surface area contributed by atoms with Crippen LogP contribution in [-0.4, -0.2) is 32.1 Å². The van der Waals surface area contributed by atoms with Crippen LogP contribution in [0.4, 0.5) is 0 Å². The van der Waals surface area contributed by atoms with Crippen LogP contribution in [0, 0.1) is 0 Å². The molecule has 0 N–H and O–H groups in total. The molecule has 30 heavy (non-hydrogen) atoms. The van der Waals surface area contributed by atoms with E-state index in [1.165, 1.54) is 21.6 Å². The molecule has 2 aromatic heterocycles. The molecule has 1 fully saturated rings. The van der Waals surface area contributed by atoms with Crippen molar-refractivity contribution >= 4 is 35.0 Å². The molecular formula is C21H16ClN3O5. The standard InChI is InChI=1S/C21H16ClN3O5/c22-15-5-6-17-23-16(9-20(28)24(17)11-15)12-30-21(29)14-3-1-13(2-4-14)10-25-18(26)7-8-19(25)27/h1-6,9,11H,7-8,10,12H2. The first-order valence-corrected chi connectivity index (χ1v) is 9.55. The number of amides is 2. The van der Waals surface area contributed by atoms with Crippen LogP contribution < -0.4 is 5.56 Å². The molecule has 1 aromatic carbocycles. The molecule has 4 rings (SSSR count). The van der Waals surface area contributed by atoms with E-state index in [4.69, 9.17) is 16.3 Å². The Kier molecular flexibility index (Phi) is 5.33. The predicted octanol–water partition coefficient (Wildman–Crippen LogP) is 2.35. The van der Waals surface area contributed by atoms with Crippen LogP contribution in [0.15, 0.2) is 53.5 Å². The van der Waals surface area contributed by atoms with Gasteiger partial charge in [-0.15, -0.1) is 0 Å². The van der Waals surface area contributed by atoms with Gasteiger partial charge in [-0.1, -0.05) is 23.7 Å². The minimum Gasteiger partial charge on any atom is -0.456 e. The number of hydrogen-bond acceptors (Lipinski definition) is 6. The number of esters is 1. The Morgan fingerprint density at radius 1 is 1.03 bits per heavy atom. The molecule has 0 bridgehead atoms. The van der Waals surface area contributed by atoms with Gasteiger partial charge >= 0.3 is 5.97 Å². The number of ether oxygens (including phenoxy) is 1. The molecular weight excluding hydrogens is 410 g/mol. The SMILES string of the molecule is O=C(OCc1cc(=O)n2cc(Cl)ccc2n1)c1ccc(CN2C(=O)CCC2=O)cc1. The molecule has 152 valence electrons. The van der Waals surface area contributed by atoms with Crippen molar-refractivity contribution in [2.45, 2.75) is 26.0 Å². The number of halogens is 1. The molecule has 8 nitrogen and oxygen atoms in total. The average Bonchev–Trinajstić information content (AvgIpc) is 3.05. The lowest BCUT2D eigenvalue weighted by Crippen LogP contribution is -2.28. The summed E-state index contributed by atoms with van der Waals surface area (Å²) < 4.78 is 6.56. The first-order valence-electron chi connectivity index (χ1n) is 9.18. The molecule has 9 heteroatoms. The molecule has 0 atom stereocenters. The summed E-state index contributed by atoms with van der Waals surface area (Å²) in [5.41, 5.74) is 1.43. The minimum absolute atomic E-state index is 0.161. The fraction of sp³-hybridized carbons (Fsp3) is 0.190. The lowest BCUT2D eigenvalue weighted by Gasteiger charge is -2.13. The van der Waals surface area contributed by atoms with Gasteiger partial charge < -0.3 is 4.74 Å². The highest BCUT2D eigenvalue weighted by Gasteiger charge is 2.28. The Hall–Kier alpha value is -3.52. The molecule has 2 amide bonds. The van der Waals surface area contributed by atoms with Crippen LogP contribution in [0.5, 0.6) is 0 Å². The number of nitrogens with zero attached hydrogens (tertiary/aromatic N) is 3. The zero-order valence-electron chi connectivity index (χ0n) is 15.7. The van der Waals surface area contributed by atoms with Gasteiger partial charge in [-0.05, 0) is 29.8 Å². The van der Waals surface area contributed by atoms with E-state index in [2.05, 4.69) is 4.98 Å². The van der Waals surface area contributed by atoms with Gasteiger partial charge in [0.2, 0.25) is 11.8 Å². The number of imide groups is 1. The van der Waals surface area contributed by atoms with E-state index in [1.54, 1.807) is 36.4 Å². The first kappa shape index (κ1) is 19.8. The van der Waals surface area contributed by atoms with Crippen LogP contribution in [0.2, 0.25) is 5.02 Å². The molecule has 0 spiro atoms. The smallest absolute Gasteiger partial charge is 0.338 e. The normalized spacial score (nSPS) is 13.8. The number of carbonyl (C=O) groups is 3. The van der Waals surface area contributed by atoms with E-state index >= 15 is 0 Å². The van der Waals surface area contributed by atoms with Gasteiger partial charge in [-0.3, -0.25) is 23.7 Å². The van der Waals surface area contributed by atoms with E-state index in [1.807, 2.05) is 0 Å². The summed E-state index contributed by atoms with van der Waals surface area (Å²) >= 11 is 5.88. The van der Waals surface area contributed by atoms with E-state index < -0.39 is 5.97 Å². The molecule has 0 unspecified atom stereocenters. The van der Waals surface area contributed by atoms with Crippen molar-refractivity contribution in [3.63, 3.8) is 0 Å². The van der Waals surface area contributed by atoms with Crippen molar-refractivity contribution in [1.29, 1.82) is 0 Å². The number of rotatable bonds is 5. The summed E-state index contributed by atoms with van der Waals surface area (Å²) in [6.07, 6.45) is 1.94. The molecule has 1 saturated heterocycles. The Balaban J connectivity index is 1.41. The second kappa shape index (κ2) is 8.08. The number of fused-ring (bicyclic) bond motifs is 1. The quantitative estimate of drug-likeness (QED) is 0.459. The third-order valence-electron chi connectivity index (χ3n) is 4.71. The monoisotopic (exact) mass is 425 g/mol. The van der Waals surface area contributed by atoms with Crippen molar-refractivity contribution < 1.29 is 19.1 Å². The van der Waals surface area contributed by atoms with Crippen LogP contribution in [0.3, 0.4) is 0 Å². The molecule has 1 aliphatic heterocycles. The van der Waals surface area contributed by atoms with Gasteiger partial charge in [-0.25, -0.2) is 9.78 Å². The second-order valence-electron chi connectivity index (χ2n) is 6.81. The maximum Gasteiger partial charge on any atom is 0.338 e. The molecule has 0 radical (unpaired) electrons. The van der Waals surface area contributed by atoms with Crippen molar-refractivity contribution in [3.8, 4) is 0 Å². The summed E-state index contributed by atoms with van der Waals surface area (Å²) in [5.74, 6) is -0.956. The number of hydrogen-bond donors (Lipinski definition) is 0. The third kappa shape index (κ3) is 4.08. The maximum absolute atomic E-state index is 12.3. The zero-order chi connectivity index (χ0) is 21.3. The number of likely N-dealkylation sites (tertiary alicyclic amines) is 1. The third-order valence-corrected chi connectivity index (χ3v) is 4.94. The lowest BCUT2D eigenvalue weighted by atomic mass is 10.1. The first-order chi connectivity index (χ1) is 14.4. The highest BCUT2D eigenvalue weighted by atomic mass is 35.5. The summed E-state index contributed by atoms with van der Waals surface area (Å²) in [6.45, 7) is 0.0215. The number of aromatic nitrogens is 2. The van der Waals surface area contributed by atoms with Crippen molar-refractivity contribution in [3.05, 3.63) is 80.9 Å². The Morgan fingerprint density at radius 3 is 2.43 bits per heavy atom. The highest BCUT2D eigenvalue weighted by molar-refractivity contribution is 6.30. The van der Waals surface area contributed by atoms with Gasteiger partial charge in [-0.2, -0.15) is 0 Å². The van der Waals surface area contributed by atoms with Gasteiger partial charge in [0.1, 0.15) is 12.3 Å². The van der Waals surface area contributed by atoms with E-state index in [9.17, 15) is 19.2 Å². The summed E-state index contributed by atoms with van der Waals surface area (Å²) in [7, 11) is 0. The van der Waals surface area contributed by atoms with Crippen LogP contribution >= 0.6 is 11.6 Å². The van der Waals surface area contributed by atoms with Crippen LogP contribution in [0.1, 0.15) is 34.5 Å². The van der Waals surface area contributed by atoms with Crippen LogP contribution in [-0.2, 0) is 27.5 Å². The fourth-order valence-electron chi connectivity index (χ4n) is 3.15. The highest BCUT2D eigenvalue weighted by Crippen LogP contribution is 2.17. The molecule has 0 aliphatic carbocycles. The molecule has 0 saturated carbocycles. The Morgan fingerprint density at radius 2 is 1.73 bits per heavy atom. The molecule has 3 aromatic rings. The summed E-state index contributed by atoms with van der Waals surface area (Å²) in [5, 5.41) is 0.410. The van der Waals surface area contributed by atoms with Crippen LogP contribution in [0.25, 0.3) is 5.65 Å². The van der Waals surface area contributed by atoms with Gasteiger partial charge in [0.25, 0.3) is 5.56 Å². The Labute approximate surface area is 175 Å². The van der Waals surface area contributed by atoms with E-state index in [-0.39, 0.29) is 43.4 Å². The van der Waals surface area contributed by atoms with E-state index in [0.717, 1.165) is 5.56 Å². The zero-order valence-corrected chi connectivity index (χ0v) is 16.5. The summed E-state index contributed by atoms with van der Waals surface area (Å²) in [4.78, 5) is 53.4. The molecule has 3 heterocycles. The number of benzene rings is 1. The second-order valence-corrected chi connectivity index (χ2v) is 7.24. The fourth-order valence-corrected chi connectivity index (χ4v) is 3.31. The lowest BCUT2D eigenvalue weighted by molar-refractivity contribution is -0.139. The van der Waals surface area contributed by atoms with Gasteiger partial charge in [0.15, 0.2) is 0 Å².